The van der Waals surface area contributed by atoms with Crippen LogP contribution in [0.15, 0.2) is 23.2 Å². The van der Waals surface area contributed by atoms with Gasteiger partial charge in [0.2, 0.25) is 0 Å². The van der Waals surface area contributed by atoms with Crippen LogP contribution in [0.2, 0.25) is 0 Å². The Hall–Kier alpha value is -1.55. The number of halogens is 1. The molecule has 8 heteroatoms. The van der Waals surface area contributed by atoms with Gasteiger partial charge in [0.05, 0.1) is 7.11 Å². The van der Waals surface area contributed by atoms with Crippen molar-refractivity contribution in [2.24, 2.45) is 4.99 Å². The summed E-state index contributed by atoms with van der Waals surface area (Å²) in [6.45, 7) is 9.40. The molecule has 0 radical (unpaired) electrons. The minimum atomic E-state index is -0.229. The van der Waals surface area contributed by atoms with E-state index in [1.165, 1.54) is 11.1 Å². The highest BCUT2D eigenvalue weighted by molar-refractivity contribution is 14.0. The molecule has 1 amide bonds. The third kappa shape index (κ3) is 6.47. The molecule has 0 bridgehead atoms. The van der Waals surface area contributed by atoms with Crippen LogP contribution < -0.4 is 10.1 Å². The van der Waals surface area contributed by atoms with Crippen molar-refractivity contribution in [3.63, 3.8) is 0 Å². The Morgan fingerprint density at radius 2 is 2.00 bits per heavy atom. The van der Waals surface area contributed by atoms with E-state index in [1.54, 1.807) is 7.11 Å². The van der Waals surface area contributed by atoms with Crippen LogP contribution in [0.1, 0.15) is 30.9 Å². The summed E-state index contributed by atoms with van der Waals surface area (Å²) in [5.41, 5.74) is 2.41. The molecular weight excluding hydrogens is 495 g/mol. The third-order valence-electron chi connectivity index (χ3n) is 5.51. The first kappa shape index (κ1) is 24.7. The molecule has 2 aliphatic heterocycles. The topological polar surface area (TPSA) is 66.4 Å². The molecule has 30 heavy (non-hydrogen) atoms. The van der Waals surface area contributed by atoms with E-state index in [2.05, 4.69) is 36.2 Å². The van der Waals surface area contributed by atoms with Crippen molar-refractivity contribution in [3.05, 3.63) is 29.3 Å². The van der Waals surface area contributed by atoms with Crippen molar-refractivity contribution in [1.29, 1.82) is 0 Å². The maximum atomic E-state index is 12.5. The average Bonchev–Trinajstić information content (AvgIpc) is 3.28. The molecule has 1 atom stereocenters. The predicted octanol–water partition coefficient (Wildman–Crippen LogP) is 2.45. The number of guanidine groups is 1. The first-order valence-electron chi connectivity index (χ1n) is 10.7. The van der Waals surface area contributed by atoms with Crippen LogP contribution in [0.3, 0.4) is 0 Å². The largest absolute Gasteiger partial charge is 0.496 e. The Balaban J connectivity index is 0.00000320. The van der Waals surface area contributed by atoms with Crippen LogP contribution >= 0.6 is 24.0 Å². The Labute approximate surface area is 197 Å². The van der Waals surface area contributed by atoms with Crippen molar-refractivity contribution in [1.82, 2.24) is 15.1 Å². The summed E-state index contributed by atoms with van der Waals surface area (Å²) >= 11 is 0. The molecule has 1 unspecified atom stereocenters. The molecular formula is C22H35IN4O3. The molecule has 3 rings (SSSR count). The Bertz CT molecular complexity index is 714. The van der Waals surface area contributed by atoms with E-state index >= 15 is 0 Å². The van der Waals surface area contributed by atoms with Crippen molar-refractivity contribution < 1.29 is 14.3 Å². The number of amides is 1. The normalized spacial score (nSPS) is 19.4. The van der Waals surface area contributed by atoms with Gasteiger partial charge in [-0.2, -0.15) is 0 Å². The van der Waals surface area contributed by atoms with Crippen LogP contribution in [-0.2, 0) is 16.0 Å². The highest BCUT2D eigenvalue weighted by Crippen LogP contribution is 2.20. The third-order valence-corrected chi connectivity index (χ3v) is 5.51. The van der Waals surface area contributed by atoms with Gasteiger partial charge in [-0.1, -0.05) is 17.7 Å². The van der Waals surface area contributed by atoms with Crippen molar-refractivity contribution in [2.75, 3.05) is 53.0 Å². The van der Waals surface area contributed by atoms with Gasteiger partial charge in [0.1, 0.15) is 11.9 Å². The van der Waals surface area contributed by atoms with Crippen LogP contribution in [0, 0.1) is 6.92 Å². The van der Waals surface area contributed by atoms with Crippen LogP contribution in [0.25, 0.3) is 0 Å². The molecule has 7 nitrogen and oxygen atoms in total. The Kier molecular flexibility index (Phi) is 10.2. The number of benzene rings is 1. The van der Waals surface area contributed by atoms with Gasteiger partial charge in [0.15, 0.2) is 5.96 Å². The first-order chi connectivity index (χ1) is 14.1. The van der Waals surface area contributed by atoms with E-state index in [-0.39, 0.29) is 36.0 Å². The van der Waals surface area contributed by atoms with Gasteiger partial charge in [-0.15, -0.1) is 24.0 Å². The Morgan fingerprint density at radius 3 is 2.63 bits per heavy atom. The second kappa shape index (κ2) is 12.3. The number of methoxy groups -OCH3 is 1. The van der Waals surface area contributed by atoms with Crippen LogP contribution in [0.5, 0.6) is 5.75 Å². The molecule has 2 heterocycles. The zero-order valence-electron chi connectivity index (χ0n) is 18.4. The first-order valence-corrected chi connectivity index (χ1v) is 10.7. The van der Waals surface area contributed by atoms with Crippen LogP contribution in [0.4, 0.5) is 0 Å². The number of hydrogen-bond acceptors (Lipinski definition) is 4. The summed E-state index contributed by atoms with van der Waals surface area (Å²) in [5, 5.41) is 3.39. The molecule has 0 saturated carbocycles. The number of nitrogens with one attached hydrogen (secondary N) is 1. The number of carbonyl (C=O) groups excluding carboxylic acids is 1. The van der Waals surface area contributed by atoms with Crippen molar-refractivity contribution in [3.8, 4) is 5.75 Å². The van der Waals surface area contributed by atoms with E-state index in [0.29, 0.717) is 13.2 Å². The van der Waals surface area contributed by atoms with Crippen molar-refractivity contribution >= 4 is 35.8 Å². The predicted molar refractivity (Wildman–Crippen MR) is 130 cm³/mol. The fraction of sp³-hybridized carbons (Fsp3) is 0.636. The van der Waals surface area contributed by atoms with Gasteiger partial charge >= 0.3 is 0 Å². The number of aliphatic imine (C=N–C) groups is 1. The van der Waals surface area contributed by atoms with Gasteiger partial charge in [-0.25, -0.2) is 0 Å². The number of carbonyl (C=O) groups is 1. The Morgan fingerprint density at radius 1 is 1.27 bits per heavy atom. The molecule has 1 aromatic rings. The van der Waals surface area contributed by atoms with E-state index in [9.17, 15) is 4.79 Å². The highest BCUT2D eigenvalue weighted by atomic mass is 127. The lowest BCUT2D eigenvalue weighted by Crippen LogP contribution is -2.55. The number of piperazine rings is 1. The number of hydrogen-bond donors (Lipinski definition) is 1. The standard InChI is InChI=1S/C22H34N4O3.HI/c1-4-23-22(24-10-9-18-16-17(2)7-8-19(18)28-3)26-13-11-25(12-14-26)21(27)20-6-5-15-29-20;/h7-8,16,20H,4-6,9-15H2,1-3H3,(H,23,24);1H. The lowest BCUT2D eigenvalue weighted by atomic mass is 10.1. The molecule has 0 spiro atoms. The molecule has 168 valence electrons. The van der Waals surface area contributed by atoms with Gasteiger partial charge in [0.25, 0.3) is 5.91 Å². The molecule has 0 aliphatic carbocycles. The summed E-state index contributed by atoms with van der Waals surface area (Å²) in [6, 6.07) is 6.24. The number of rotatable bonds is 6. The summed E-state index contributed by atoms with van der Waals surface area (Å²) < 4.78 is 11.0. The van der Waals surface area contributed by atoms with E-state index in [0.717, 1.165) is 63.7 Å². The van der Waals surface area contributed by atoms with Gasteiger partial charge < -0.3 is 24.6 Å². The fourth-order valence-electron chi connectivity index (χ4n) is 3.93. The van der Waals surface area contributed by atoms with E-state index < -0.39 is 0 Å². The molecule has 1 aromatic carbocycles. The average molecular weight is 530 g/mol. The minimum Gasteiger partial charge on any atom is -0.496 e. The number of nitrogens with zero attached hydrogens (tertiary/aromatic N) is 3. The smallest absolute Gasteiger partial charge is 0.251 e. The summed E-state index contributed by atoms with van der Waals surface area (Å²) in [6.07, 6.45) is 2.44. The molecule has 1 N–H and O–H groups in total. The van der Waals surface area contributed by atoms with Crippen molar-refractivity contribution in [2.45, 2.75) is 39.2 Å². The summed E-state index contributed by atoms with van der Waals surface area (Å²) in [5.74, 6) is 1.98. The molecule has 2 saturated heterocycles. The highest BCUT2D eigenvalue weighted by Gasteiger charge is 2.30. The summed E-state index contributed by atoms with van der Waals surface area (Å²) in [4.78, 5) is 21.6. The molecule has 0 aromatic heterocycles. The van der Waals surface area contributed by atoms with E-state index in [1.807, 2.05) is 11.0 Å². The molecule has 2 aliphatic rings. The molecule has 2 fully saturated rings. The number of aryl methyl sites for hydroxylation is 1. The zero-order chi connectivity index (χ0) is 20.6. The SMILES string of the molecule is CCNC(=NCCc1cc(C)ccc1OC)N1CCN(C(=O)C2CCCO2)CC1.I. The summed E-state index contributed by atoms with van der Waals surface area (Å²) in [7, 11) is 1.71. The zero-order valence-corrected chi connectivity index (χ0v) is 20.7. The van der Waals surface area contributed by atoms with Crippen LogP contribution in [-0.4, -0.2) is 80.8 Å². The maximum Gasteiger partial charge on any atom is 0.251 e. The second-order valence-corrected chi connectivity index (χ2v) is 7.61. The van der Waals surface area contributed by atoms with Gasteiger partial charge in [-0.05, 0) is 44.7 Å². The lowest BCUT2D eigenvalue weighted by molar-refractivity contribution is -0.142. The van der Waals surface area contributed by atoms with Gasteiger partial charge in [-0.3, -0.25) is 9.79 Å². The maximum absolute atomic E-state index is 12.5. The van der Waals surface area contributed by atoms with E-state index in [4.69, 9.17) is 14.5 Å². The van der Waals surface area contributed by atoms with Gasteiger partial charge in [0, 0.05) is 45.9 Å². The monoisotopic (exact) mass is 530 g/mol. The number of ether oxygens (including phenoxy) is 2. The second-order valence-electron chi connectivity index (χ2n) is 7.61. The fourth-order valence-corrected chi connectivity index (χ4v) is 3.93. The lowest BCUT2D eigenvalue weighted by Gasteiger charge is -2.37. The minimum absolute atomic E-state index is 0. The quantitative estimate of drug-likeness (QED) is 0.348.